The zero-order chi connectivity index (χ0) is 13.8. The first kappa shape index (κ1) is 14.8. The molecule has 104 valence electrons. The minimum absolute atomic E-state index is 0.118. The van der Waals surface area contributed by atoms with Crippen LogP contribution in [-0.2, 0) is 14.3 Å². The highest BCUT2D eigenvalue weighted by Crippen LogP contribution is 2.21. The Bertz CT molecular complexity index is 310. The van der Waals surface area contributed by atoms with Crippen molar-refractivity contribution in [3.8, 4) is 0 Å². The summed E-state index contributed by atoms with van der Waals surface area (Å²) in [5, 5.41) is 8.89. The average molecular weight is 259 g/mol. The van der Waals surface area contributed by atoms with Crippen LogP contribution in [0.1, 0.15) is 46.0 Å². The molecule has 0 heterocycles. The van der Waals surface area contributed by atoms with Crippen LogP contribution in [0.3, 0.4) is 0 Å². The van der Waals surface area contributed by atoms with Gasteiger partial charge in [0.05, 0.1) is 0 Å². The van der Waals surface area contributed by atoms with Gasteiger partial charge in [0.1, 0.15) is 17.7 Å². The van der Waals surface area contributed by atoms with Gasteiger partial charge in [-0.1, -0.05) is 6.42 Å². The monoisotopic (exact) mass is 259 g/mol. The van der Waals surface area contributed by atoms with E-state index in [0.29, 0.717) is 0 Å². The molecule has 1 saturated carbocycles. The lowest BCUT2D eigenvalue weighted by Crippen LogP contribution is -2.55. The maximum absolute atomic E-state index is 11.5. The van der Waals surface area contributed by atoms with Crippen molar-refractivity contribution in [3.63, 3.8) is 0 Å². The number of ether oxygens (including phenoxy) is 2. The van der Waals surface area contributed by atoms with Crippen molar-refractivity contribution in [2.24, 2.45) is 5.73 Å². The number of rotatable bonds is 4. The number of aliphatic carboxylic acids is 1. The summed E-state index contributed by atoms with van der Waals surface area (Å²) in [6.45, 7) is 2.74. The largest absolute Gasteiger partial charge is 0.508 e. The molecule has 0 bridgehead atoms. The normalized spacial score (nSPS) is 21.7. The topological polar surface area (TPSA) is 98.9 Å². The third-order valence-electron chi connectivity index (χ3n) is 3.39. The van der Waals surface area contributed by atoms with Gasteiger partial charge in [-0.2, -0.15) is 0 Å². The Morgan fingerprint density at radius 1 is 1.33 bits per heavy atom. The predicted molar refractivity (Wildman–Crippen MR) is 64.1 cm³/mol. The highest BCUT2D eigenvalue weighted by molar-refractivity contribution is 5.79. The van der Waals surface area contributed by atoms with Gasteiger partial charge in [0, 0.05) is 0 Å². The first-order chi connectivity index (χ1) is 8.34. The molecular formula is C12H21NO5. The fourth-order valence-corrected chi connectivity index (χ4v) is 1.79. The van der Waals surface area contributed by atoms with Crippen molar-refractivity contribution >= 4 is 12.1 Å². The molecule has 18 heavy (non-hydrogen) atoms. The standard InChI is InChI=1S/C12H21NO5/c1-8(12(2,13)10(14)15)17-11(16)18-9-6-4-3-5-7-9/h8-9H,3-7,13H2,1-2H3,(H,14,15)/t8?,12-/m1/s1. The molecule has 3 N–H and O–H groups in total. The molecule has 0 aliphatic heterocycles. The molecule has 0 aromatic carbocycles. The van der Waals surface area contributed by atoms with Crippen molar-refractivity contribution in [3.05, 3.63) is 0 Å². The first-order valence-electron chi connectivity index (χ1n) is 6.23. The summed E-state index contributed by atoms with van der Waals surface area (Å²) < 4.78 is 10.0. The molecule has 1 unspecified atom stereocenters. The van der Waals surface area contributed by atoms with Gasteiger partial charge in [0.2, 0.25) is 0 Å². The Balaban J connectivity index is 2.41. The van der Waals surface area contributed by atoms with Crippen LogP contribution < -0.4 is 5.73 Å². The highest BCUT2D eigenvalue weighted by atomic mass is 16.7. The minimum Gasteiger partial charge on any atom is -0.480 e. The van der Waals surface area contributed by atoms with E-state index in [2.05, 4.69) is 0 Å². The van der Waals surface area contributed by atoms with E-state index in [1.165, 1.54) is 13.8 Å². The quantitative estimate of drug-likeness (QED) is 0.745. The fraction of sp³-hybridized carbons (Fsp3) is 0.833. The van der Waals surface area contributed by atoms with Crippen molar-refractivity contribution in [1.29, 1.82) is 0 Å². The van der Waals surface area contributed by atoms with Gasteiger partial charge in [-0.25, -0.2) is 4.79 Å². The van der Waals surface area contributed by atoms with Gasteiger partial charge in [0.25, 0.3) is 0 Å². The second-order valence-corrected chi connectivity index (χ2v) is 4.98. The van der Waals surface area contributed by atoms with Gasteiger partial charge >= 0.3 is 12.1 Å². The summed E-state index contributed by atoms with van der Waals surface area (Å²) in [6.07, 6.45) is 3.00. The van der Waals surface area contributed by atoms with Crippen LogP contribution >= 0.6 is 0 Å². The summed E-state index contributed by atoms with van der Waals surface area (Å²) in [4.78, 5) is 22.4. The smallest absolute Gasteiger partial charge is 0.480 e. The summed E-state index contributed by atoms with van der Waals surface area (Å²) in [7, 11) is 0. The van der Waals surface area contributed by atoms with E-state index >= 15 is 0 Å². The fourth-order valence-electron chi connectivity index (χ4n) is 1.79. The highest BCUT2D eigenvalue weighted by Gasteiger charge is 2.38. The van der Waals surface area contributed by atoms with E-state index < -0.39 is 23.8 Å². The van der Waals surface area contributed by atoms with Crippen molar-refractivity contribution < 1.29 is 24.2 Å². The van der Waals surface area contributed by atoms with Gasteiger partial charge in [-0.15, -0.1) is 0 Å². The van der Waals surface area contributed by atoms with Gasteiger partial charge in [-0.05, 0) is 39.5 Å². The van der Waals surface area contributed by atoms with Crippen LogP contribution in [0.2, 0.25) is 0 Å². The van der Waals surface area contributed by atoms with Crippen LogP contribution in [-0.4, -0.2) is 35.0 Å². The number of carboxylic acids is 1. The third kappa shape index (κ3) is 3.87. The lowest BCUT2D eigenvalue weighted by Gasteiger charge is -2.28. The van der Waals surface area contributed by atoms with Crippen molar-refractivity contribution in [2.45, 2.75) is 63.7 Å². The van der Waals surface area contributed by atoms with E-state index in [0.717, 1.165) is 32.1 Å². The Morgan fingerprint density at radius 2 is 1.89 bits per heavy atom. The lowest BCUT2D eigenvalue weighted by molar-refractivity contribution is -0.147. The SMILES string of the molecule is CC(OC(=O)OC1CCCCC1)[C@@](C)(N)C(=O)O. The van der Waals surface area contributed by atoms with Gasteiger partial charge < -0.3 is 20.3 Å². The molecule has 0 aromatic rings. The Morgan fingerprint density at radius 3 is 2.39 bits per heavy atom. The van der Waals surface area contributed by atoms with Crippen LogP contribution in [0, 0.1) is 0 Å². The molecule has 1 aliphatic carbocycles. The number of nitrogens with two attached hydrogens (primary N) is 1. The number of hydrogen-bond donors (Lipinski definition) is 2. The van der Waals surface area contributed by atoms with Crippen LogP contribution in [0.5, 0.6) is 0 Å². The van der Waals surface area contributed by atoms with Crippen molar-refractivity contribution in [1.82, 2.24) is 0 Å². The number of carbonyl (C=O) groups is 2. The zero-order valence-electron chi connectivity index (χ0n) is 10.8. The molecule has 0 amide bonds. The summed E-state index contributed by atoms with van der Waals surface area (Å²) in [6, 6.07) is 0. The first-order valence-corrected chi connectivity index (χ1v) is 6.23. The second kappa shape index (κ2) is 6.04. The number of carboxylic acid groups (broad SMARTS) is 1. The average Bonchev–Trinajstić information content (AvgIpc) is 2.29. The molecule has 0 spiro atoms. The predicted octanol–water partition coefficient (Wildman–Crippen LogP) is 1.66. The van der Waals surface area contributed by atoms with E-state index in [9.17, 15) is 9.59 Å². The van der Waals surface area contributed by atoms with Gasteiger partial charge in [0.15, 0.2) is 0 Å². The Hall–Kier alpha value is -1.30. The number of hydrogen-bond acceptors (Lipinski definition) is 5. The van der Waals surface area contributed by atoms with Crippen LogP contribution in [0.4, 0.5) is 4.79 Å². The maximum Gasteiger partial charge on any atom is 0.508 e. The number of carbonyl (C=O) groups excluding carboxylic acids is 1. The molecule has 1 fully saturated rings. The molecular weight excluding hydrogens is 238 g/mol. The molecule has 2 atom stereocenters. The molecule has 6 nitrogen and oxygen atoms in total. The van der Waals surface area contributed by atoms with Crippen LogP contribution in [0.15, 0.2) is 0 Å². The minimum atomic E-state index is -1.62. The Labute approximate surface area is 106 Å². The summed E-state index contributed by atoms with van der Waals surface area (Å²) >= 11 is 0. The second-order valence-electron chi connectivity index (χ2n) is 4.98. The molecule has 0 saturated heterocycles. The van der Waals surface area contributed by atoms with Crippen LogP contribution in [0.25, 0.3) is 0 Å². The molecule has 1 aliphatic rings. The molecule has 1 rings (SSSR count). The zero-order valence-corrected chi connectivity index (χ0v) is 10.8. The summed E-state index contributed by atoms with van der Waals surface area (Å²) in [5.74, 6) is -1.22. The van der Waals surface area contributed by atoms with E-state index in [-0.39, 0.29) is 6.10 Å². The van der Waals surface area contributed by atoms with Gasteiger partial charge in [-0.3, -0.25) is 4.79 Å². The van der Waals surface area contributed by atoms with E-state index in [1.54, 1.807) is 0 Å². The van der Waals surface area contributed by atoms with Crippen molar-refractivity contribution in [2.75, 3.05) is 0 Å². The van der Waals surface area contributed by atoms with E-state index in [4.69, 9.17) is 20.3 Å². The summed E-state index contributed by atoms with van der Waals surface area (Å²) in [5.41, 5.74) is 3.93. The Kier molecular flexibility index (Phi) is 4.95. The lowest BCUT2D eigenvalue weighted by atomic mass is 9.97. The molecule has 6 heteroatoms. The molecule has 0 aromatic heterocycles. The molecule has 0 radical (unpaired) electrons. The van der Waals surface area contributed by atoms with E-state index in [1.807, 2.05) is 0 Å². The third-order valence-corrected chi connectivity index (χ3v) is 3.39. The maximum atomic E-state index is 11.5.